The quantitative estimate of drug-likeness (QED) is 0.477. The van der Waals surface area contributed by atoms with Crippen molar-refractivity contribution in [3.63, 3.8) is 0 Å². The van der Waals surface area contributed by atoms with E-state index >= 15 is 0 Å². The molecule has 0 fully saturated rings. The molecule has 0 radical (unpaired) electrons. The van der Waals surface area contributed by atoms with Crippen molar-refractivity contribution < 1.29 is 9.59 Å². The van der Waals surface area contributed by atoms with Gasteiger partial charge in [0.2, 0.25) is 5.91 Å². The van der Waals surface area contributed by atoms with Crippen molar-refractivity contribution in [3.8, 4) is 11.3 Å². The summed E-state index contributed by atoms with van der Waals surface area (Å²) in [5.41, 5.74) is 8.68. The van der Waals surface area contributed by atoms with Gasteiger partial charge in [-0.05, 0) is 36.4 Å². The third-order valence-electron chi connectivity index (χ3n) is 4.77. The molecule has 3 aromatic carbocycles. The molecule has 1 aromatic heterocycles. The number of fused-ring (bicyclic) bond motifs is 1. The lowest BCUT2D eigenvalue weighted by molar-refractivity contribution is 0.0961. The average Bonchev–Trinajstić information content (AvgIpc) is 2.79. The van der Waals surface area contributed by atoms with Crippen molar-refractivity contribution in [2.24, 2.45) is 5.73 Å². The number of hydrogen-bond acceptors (Lipinski definition) is 5. The number of primary amides is 1. The maximum Gasteiger partial charge on any atom is 0.251 e. The zero-order valence-electron chi connectivity index (χ0n) is 16.2. The monoisotopic (exact) mass is 397 g/mol. The van der Waals surface area contributed by atoms with Crippen LogP contribution in [-0.2, 0) is 0 Å². The lowest BCUT2D eigenvalue weighted by Crippen LogP contribution is -2.17. The zero-order chi connectivity index (χ0) is 21.1. The first-order chi connectivity index (χ1) is 14.6. The minimum absolute atomic E-state index is 0.140. The number of benzene rings is 3. The number of nitrogens with zero attached hydrogens (tertiary/aromatic N) is 2. The van der Waals surface area contributed by atoms with Crippen LogP contribution >= 0.6 is 0 Å². The molecule has 7 heteroatoms. The first-order valence-corrected chi connectivity index (χ1v) is 9.31. The third-order valence-corrected chi connectivity index (χ3v) is 4.77. The topological polar surface area (TPSA) is 110 Å². The van der Waals surface area contributed by atoms with E-state index in [9.17, 15) is 9.59 Å². The fourth-order valence-corrected chi connectivity index (χ4v) is 3.19. The number of nitrogens with one attached hydrogen (secondary N) is 2. The SMILES string of the molecule is CNC(=O)c1ccc(Nc2nnc(-c3ccc(C(N)=O)cc3)c3ccccc23)cc1. The van der Waals surface area contributed by atoms with Crippen LogP contribution in [0.3, 0.4) is 0 Å². The molecule has 0 unspecified atom stereocenters. The van der Waals surface area contributed by atoms with Crippen LogP contribution in [0.2, 0.25) is 0 Å². The van der Waals surface area contributed by atoms with E-state index in [4.69, 9.17) is 5.73 Å². The summed E-state index contributed by atoms with van der Waals surface area (Å²) in [6.07, 6.45) is 0. The second-order valence-electron chi connectivity index (χ2n) is 6.67. The Bertz CT molecular complexity index is 1230. The second kappa shape index (κ2) is 8.00. The Morgan fingerprint density at radius 2 is 1.43 bits per heavy atom. The second-order valence-corrected chi connectivity index (χ2v) is 6.67. The van der Waals surface area contributed by atoms with E-state index < -0.39 is 5.91 Å². The molecule has 4 rings (SSSR count). The summed E-state index contributed by atoms with van der Waals surface area (Å²) in [4.78, 5) is 23.0. The molecule has 0 saturated heterocycles. The van der Waals surface area contributed by atoms with E-state index in [2.05, 4.69) is 20.8 Å². The third kappa shape index (κ3) is 3.68. The van der Waals surface area contributed by atoms with E-state index in [1.54, 1.807) is 43.4 Å². The van der Waals surface area contributed by atoms with Crippen molar-refractivity contribution in [1.29, 1.82) is 0 Å². The van der Waals surface area contributed by atoms with Gasteiger partial charge in [0.25, 0.3) is 5.91 Å². The fraction of sp³-hybridized carbons (Fsp3) is 0.0435. The summed E-state index contributed by atoms with van der Waals surface area (Å²) < 4.78 is 0. The normalized spacial score (nSPS) is 10.6. The van der Waals surface area contributed by atoms with Gasteiger partial charge < -0.3 is 16.4 Å². The van der Waals surface area contributed by atoms with Crippen LogP contribution in [0.5, 0.6) is 0 Å². The lowest BCUT2D eigenvalue weighted by Gasteiger charge is -2.12. The Hall–Kier alpha value is -4.26. The maximum absolute atomic E-state index is 11.7. The van der Waals surface area contributed by atoms with E-state index in [1.165, 1.54) is 0 Å². The Morgan fingerprint density at radius 1 is 0.800 bits per heavy atom. The van der Waals surface area contributed by atoms with Gasteiger partial charge in [0.1, 0.15) is 5.69 Å². The summed E-state index contributed by atoms with van der Waals surface area (Å²) >= 11 is 0. The summed E-state index contributed by atoms with van der Waals surface area (Å²) in [5.74, 6) is -0.00576. The highest BCUT2D eigenvalue weighted by atomic mass is 16.1. The minimum Gasteiger partial charge on any atom is -0.366 e. The van der Waals surface area contributed by atoms with E-state index in [0.717, 1.165) is 22.0 Å². The largest absolute Gasteiger partial charge is 0.366 e. The van der Waals surface area contributed by atoms with Crippen LogP contribution in [0.15, 0.2) is 72.8 Å². The van der Waals surface area contributed by atoms with Crippen molar-refractivity contribution in [2.75, 3.05) is 12.4 Å². The summed E-state index contributed by atoms with van der Waals surface area (Å²) in [6, 6.07) is 21.9. The highest BCUT2D eigenvalue weighted by Gasteiger charge is 2.12. The number of rotatable bonds is 5. The number of carbonyl (C=O) groups is 2. The van der Waals surface area contributed by atoms with Crippen LogP contribution in [-0.4, -0.2) is 29.1 Å². The van der Waals surface area contributed by atoms with E-state index in [0.29, 0.717) is 22.6 Å². The molecule has 0 saturated carbocycles. The Balaban J connectivity index is 1.70. The molecular formula is C23H19N5O2. The van der Waals surface area contributed by atoms with Gasteiger partial charge in [0.15, 0.2) is 5.82 Å². The van der Waals surface area contributed by atoms with Gasteiger partial charge in [-0.2, -0.15) is 0 Å². The molecule has 148 valence electrons. The number of nitrogens with two attached hydrogens (primary N) is 1. The molecule has 0 aliphatic heterocycles. The average molecular weight is 397 g/mol. The van der Waals surface area contributed by atoms with Crippen LogP contribution in [0.25, 0.3) is 22.0 Å². The smallest absolute Gasteiger partial charge is 0.251 e. The van der Waals surface area contributed by atoms with Crippen molar-refractivity contribution in [3.05, 3.63) is 83.9 Å². The molecule has 0 aliphatic carbocycles. The highest BCUT2D eigenvalue weighted by molar-refractivity contribution is 6.01. The molecule has 0 spiro atoms. The molecule has 0 bridgehead atoms. The van der Waals surface area contributed by atoms with Crippen LogP contribution < -0.4 is 16.4 Å². The Labute approximate surface area is 172 Å². The molecular weight excluding hydrogens is 378 g/mol. The predicted octanol–water partition coefficient (Wildman–Crippen LogP) is 3.50. The molecule has 0 aliphatic rings. The van der Waals surface area contributed by atoms with E-state index in [-0.39, 0.29) is 5.91 Å². The number of amides is 2. The van der Waals surface area contributed by atoms with Crippen molar-refractivity contribution in [1.82, 2.24) is 15.5 Å². The van der Waals surface area contributed by atoms with E-state index in [1.807, 2.05) is 36.4 Å². The molecule has 1 heterocycles. The van der Waals surface area contributed by atoms with Crippen LogP contribution in [0.4, 0.5) is 11.5 Å². The van der Waals surface area contributed by atoms with Gasteiger partial charge in [-0.25, -0.2) is 0 Å². The first kappa shape index (κ1) is 19.1. The Morgan fingerprint density at radius 3 is 2.07 bits per heavy atom. The van der Waals surface area contributed by atoms with Gasteiger partial charge in [-0.15, -0.1) is 10.2 Å². The molecule has 30 heavy (non-hydrogen) atoms. The summed E-state index contributed by atoms with van der Waals surface area (Å²) in [6.45, 7) is 0. The lowest BCUT2D eigenvalue weighted by atomic mass is 10.0. The summed E-state index contributed by atoms with van der Waals surface area (Å²) in [7, 11) is 1.60. The van der Waals surface area contributed by atoms with Gasteiger partial charge in [0.05, 0.1) is 0 Å². The number of anilines is 2. The molecule has 4 aromatic rings. The molecule has 4 N–H and O–H groups in total. The van der Waals surface area contributed by atoms with Gasteiger partial charge >= 0.3 is 0 Å². The predicted molar refractivity (Wildman–Crippen MR) is 117 cm³/mol. The van der Waals surface area contributed by atoms with Gasteiger partial charge in [-0.1, -0.05) is 36.4 Å². The number of hydrogen-bond donors (Lipinski definition) is 3. The fourth-order valence-electron chi connectivity index (χ4n) is 3.19. The van der Waals surface area contributed by atoms with Crippen LogP contribution in [0, 0.1) is 0 Å². The molecule has 7 nitrogen and oxygen atoms in total. The molecule has 0 atom stereocenters. The van der Waals surface area contributed by atoms with Crippen LogP contribution in [0.1, 0.15) is 20.7 Å². The number of aromatic nitrogens is 2. The van der Waals surface area contributed by atoms with Gasteiger partial charge in [0, 0.05) is 40.2 Å². The van der Waals surface area contributed by atoms with Gasteiger partial charge in [-0.3, -0.25) is 9.59 Å². The van der Waals surface area contributed by atoms with Crippen molar-refractivity contribution >= 4 is 34.1 Å². The van der Waals surface area contributed by atoms with Crippen molar-refractivity contribution in [2.45, 2.75) is 0 Å². The Kier molecular flexibility index (Phi) is 5.09. The minimum atomic E-state index is -0.473. The highest BCUT2D eigenvalue weighted by Crippen LogP contribution is 2.31. The number of carbonyl (C=O) groups excluding carboxylic acids is 2. The first-order valence-electron chi connectivity index (χ1n) is 9.31. The molecule has 2 amide bonds. The summed E-state index contributed by atoms with van der Waals surface area (Å²) in [5, 5.41) is 16.5. The standard InChI is InChI=1S/C23H19N5O2/c1-25-23(30)16-10-12-17(13-11-16)26-22-19-5-3-2-4-18(19)20(27-28-22)14-6-8-15(9-7-14)21(24)29/h2-13H,1H3,(H2,24,29)(H,25,30)(H,26,28). The maximum atomic E-state index is 11.7. The zero-order valence-corrected chi connectivity index (χ0v) is 16.2.